The molecule has 5 heteroatoms. The maximum atomic E-state index is 6.02. The van der Waals surface area contributed by atoms with Crippen molar-refractivity contribution < 1.29 is 0 Å². The minimum atomic E-state index is 0.593. The third-order valence-corrected chi connectivity index (χ3v) is 3.04. The summed E-state index contributed by atoms with van der Waals surface area (Å²) < 4.78 is 2.53. The number of hydrogen-bond donors (Lipinski definition) is 0. The number of rotatable bonds is 2. The number of aryl methyl sites for hydroxylation is 1. The van der Waals surface area contributed by atoms with E-state index in [1.165, 1.54) is 0 Å². The van der Waals surface area contributed by atoms with Crippen molar-refractivity contribution in [3.05, 3.63) is 39.7 Å². The molecule has 0 amide bonds. The molecule has 2 heterocycles. The van der Waals surface area contributed by atoms with Gasteiger partial charge in [0.1, 0.15) is 4.60 Å². The molecule has 3 nitrogen and oxygen atoms in total. The van der Waals surface area contributed by atoms with Gasteiger partial charge in [-0.3, -0.25) is 0 Å². The Morgan fingerprint density at radius 3 is 2.93 bits per heavy atom. The molecule has 0 N–H and O–H groups in total. The Hall–Kier alpha value is -0.870. The highest BCUT2D eigenvalue weighted by molar-refractivity contribution is 9.10. The zero-order valence-corrected chi connectivity index (χ0v) is 10.5. The van der Waals surface area contributed by atoms with Crippen LogP contribution in [0.1, 0.15) is 12.5 Å². The van der Waals surface area contributed by atoms with Crippen molar-refractivity contribution in [1.82, 2.24) is 14.8 Å². The van der Waals surface area contributed by atoms with E-state index in [0.717, 1.165) is 16.6 Å². The quantitative estimate of drug-likeness (QED) is 0.848. The Kier molecular flexibility index (Phi) is 3.07. The minimum Gasteiger partial charge on any atom is -0.236 e. The Labute approximate surface area is 101 Å². The van der Waals surface area contributed by atoms with Gasteiger partial charge < -0.3 is 0 Å². The lowest BCUT2D eigenvalue weighted by Gasteiger charge is -2.00. The van der Waals surface area contributed by atoms with Gasteiger partial charge in [-0.05, 0) is 34.5 Å². The Morgan fingerprint density at radius 1 is 1.53 bits per heavy atom. The van der Waals surface area contributed by atoms with Crippen molar-refractivity contribution >= 4 is 27.5 Å². The first-order valence-electron chi connectivity index (χ1n) is 4.57. The summed E-state index contributed by atoms with van der Waals surface area (Å²) >= 11 is 9.42. The standard InChI is InChI=1S/C10H9BrClN3/c1-2-7-6-15(14-9(7)11)10-8(12)4-3-5-13-10/h3-6H,2H2,1H3. The molecule has 2 rings (SSSR count). The zero-order valence-electron chi connectivity index (χ0n) is 8.11. The molecule has 2 aromatic rings. The first-order chi connectivity index (χ1) is 7.22. The molecular formula is C10H9BrClN3. The molecule has 0 unspecified atom stereocenters. The van der Waals surface area contributed by atoms with E-state index in [9.17, 15) is 0 Å². The second-order valence-corrected chi connectivity index (χ2v) is 4.21. The number of pyridine rings is 1. The molecule has 0 fully saturated rings. The molecule has 15 heavy (non-hydrogen) atoms. The molecule has 0 aromatic carbocycles. The van der Waals surface area contributed by atoms with Crippen LogP contribution in [0.4, 0.5) is 0 Å². The molecular weight excluding hydrogens is 277 g/mol. The van der Waals surface area contributed by atoms with Gasteiger partial charge in [0.15, 0.2) is 5.82 Å². The van der Waals surface area contributed by atoms with Crippen LogP contribution in [0.15, 0.2) is 29.1 Å². The van der Waals surface area contributed by atoms with Crippen LogP contribution in [0.3, 0.4) is 0 Å². The lowest BCUT2D eigenvalue weighted by atomic mass is 10.3. The molecule has 0 atom stereocenters. The van der Waals surface area contributed by atoms with E-state index < -0.39 is 0 Å². The zero-order chi connectivity index (χ0) is 10.8. The van der Waals surface area contributed by atoms with Crippen LogP contribution in [0.5, 0.6) is 0 Å². The van der Waals surface area contributed by atoms with Crippen LogP contribution in [-0.4, -0.2) is 14.8 Å². The third-order valence-electron chi connectivity index (χ3n) is 2.08. The Balaban J connectivity index is 2.50. The summed E-state index contributed by atoms with van der Waals surface area (Å²) in [6, 6.07) is 3.59. The van der Waals surface area contributed by atoms with Gasteiger partial charge in [-0.2, -0.15) is 5.10 Å². The minimum absolute atomic E-state index is 0.593. The Morgan fingerprint density at radius 2 is 2.33 bits per heavy atom. The average molecular weight is 287 g/mol. The topological polar surface area (TPSA) is 30.7 Å². The van der Waals surface area contributed by atoms with Crippen LogP contribution >= 0.6 is 27.5 Å². The monoisotopic (exact) mass is 285 g/mol. The van der Waals surface area contributed by atoms with E-state index in [1.54, 1.807) is 23.0 Å². The van der Waals surface area contributed by atoms with Crippen molar-refractivity contribution in [3.63, 3.8) is 0 Å². The summed E-state index contributed by atoms with van der Waals surface area (Å²) in [4.78, 5) is 4.18. The molecule has 0 aliphatic rings. The van der Waals surface area contributed by atoms with Gasteiger partial charge in [0, 0.05) is 18.0 Å². The highest BCUT2D eigenvalue weighted by Crippen LogP contribution is 2.21. The average Bonchev–Trinajstić information content (AvgIpc) is 2.60. The van der Waals surface area contributed by atoms with E-state index in [2.05, 4.69) is 32.9 Å². The van der Waals surface area contributed by atoms with Crippen molar-refractivity contribution in [1.29, 1.82) is 0 Å². The first kappa shape index (κ1) is 10.6. The predicted octanol–water partition coefficient (Wildman–Crippen LogP) is 3.25. The summed E-state index contributed by atoms with van der Waals surface area (Å²) in [5, 5.41) is 4.89. The molecule has 0 saturated carbocycles. The van der Waals surface area contributed by atoms with E-state index >= 15 is 0 Å². The Bertz CT molecular complexity index is 481. The number of nitrogens with zero attached hydrogens (tertiary/aromatic N) is 3. The first-order valence-corrected chi connectivity index (χ1v) is 5.74. The summed E-state index contributed by atoms with van der Waals surface area (Å²) in [5.41, 5.74) is 1.14. The second kappa shape index (κ2) is 4.33. The molecule has 0 radical (unpaired) electrons. The van der Waals surface area contributed by atoms with Crippen molar-refractivity contribution in [2.75, 3.05) is 0 Å². The van der Waals surface area contributed by atoms with Gasteiger partial charge in [-0.1, -0.05) is 18.5 Å². The highest BCUT2D eigenvalue weighted by atomic mass is 79.9. The van der Waals surface area contributed by atoms with E-state index in [0.29, 0.717) is 10.8 Å². The summed E-state index contributed by atoms with van der Waals surface area (Å²) in [5.74, 6) is 0.652. The fraction of sp³-hybridized carbons (Fsp3) is 0.200. The normalized spacial score (nSPS) is 10.6. The van der Waals surface area contributed by atoms with Crippen LogP contribution in [0.2, 0.25) is 5.02 Å². The van der Waals surface area contributed by atoms with Gasteiger partial charge in [0.25, 0.3) is 0 Å². The van der Waals surface area contributed by atoms with E-state index in [4.69, 9.17) is 11.6 Å². The van der Waals surface area contributed by atoms with Crippen LogP contribution in [0.25, 0.3) is 5.82 Å². The summed E-state index contributed by atoms with van der Waals surface area (Å²) in [7, 11) is 0. The fourth-order valence-corrected chi connectivity index (χ4v) is 2.04. The maximum absolute atomic E-state index is 6.02. The number of halogens is 2. The van der Waals surface area contributed by atoms with Gasteiger partial charge in [0.2, 0.25) is 0 Å². The number of aromatic nitrogens is 3. The molecule has 2 aromatic heterocycles. The molecule has 78 valence electrons. The lowest BCUT2D eigenvalue weighted by molar-refractivity contribution is 0.838. The molecule has 0 bridgehead atoms. The molecule has 0 saturated heterocycles. The van der Waals surface area contributed by atoms with Gasteiger partial charge >= 0.3 is 0 Å². The largest absolute Gasteiger partial charge is 0.236 e. The lowest BCUT2D eigenvalue weighted by Crippen LogP contribution is -1.98. The van der Waals surface area contributed by atoms with Gasteiger partial charge in [-0.25, -0.2) is 9.67 Å². The van der Waals surface area contributed by atoms with Crippen LogP contribution in [-0.2, 0) is 6.42 Å². The fourth-order valence-electron chi connectivity index (χ4n) is 1.28. The summed E-state index contributed by atoms with van der Waals surface area (Å²) in [6.07, 6.45) is 4.55. The van der Waals surface area contributed by atoms with Crippen molar-refractivity contribution in [2.24, 2.45) is 0 Å². The van der Waals surface area contributed by atoms with Crippen LogP contribution < -0.4 is 0 Å². The van der Waals surface area contributed by atoms with Crippen molar-refractivity contribution in [3.8, 4) is 5.82 Å². The molecule has 0 spiro atoms. The summed E-state index contributed by atoms with van der Waals surface area (Å²) in [6.45, 7) is 2.08. The van der Waals surface area contributed by atoms with Crippen LogP contribution in [0, 0.1) is 0 Å². The molecule has 0 aliphatic carbocycles. The van der Waals surface area contributed by atoms with Gasteiger partial charge in [-0.15, -0.1) is 0 Å². The smallest absolute Gasteiger partial charge is 0.172 e. The van der Waals surface area contributed by atoms with Gasteiger partial charge in [0.05, 0.1) is 5.02 Å². The maximum Gasteiger partial charge on any atom is 0.172 e. The predicted molar refractivity (Wildman–Crippen MR) is 63.4 cm³/mol. The van der Waals surface area contributed by atoms with E-state index in [1.807, 2.05) is 6.20 Å². The van der Waals surface area contributed by atoms with E-state index in [-0.39, 0.29) is 0 Å². The SMILES string of the molecule is CCc1cn(-c2ncccc2Cl)nc1Br. The third kappa shape index (κ3) is 2.06. The van der Waals surface area contributed by atoms with Crippen molar-refractivity contribution in [2.45, 2.75) is 13.3 Å². The highest BCUT2D eigenvalue weighted by Gasteiger charge is 2.08. The number of hydrogen-bond acceptors (Lipinski definition) is 2. The second-order valence-electron chi connectivity index (χ2n) is 3.05. The molecule has 0 aliphatic heterocycles.